The van der Waals surface area contributed by atoms with Crippen molar-refractivity contribution in [3.8, 4) is 0 Å². The Morgan fingerprint density at radius 2 is 1.87 bits per heavy atom. The van der Waals surface area contributed by atoms with Crippen LogP contribution < -0.4 is 0 Å². The van der Waals surface area contributed by atoms with E-state index in [4.69, 9.17) is 0 Å². The molecule has 0 N–H and O–H groups in total. The Balaban J connectivity index is 3.33. The molecule has 0 bridgehead atoms. The summed E-state index contributed by atoms with van der Waals surface area (Å²) in [5.74, 6) is -0.591. The highest BCUT2D eigenvalue weighted by molar-refractivity contribution is 5.77. The molecule has 0 nitrogen and oxygen atoms in total. The van der Waals surface area contributed by atoms with Gasteiger partial charge in [-0.15, -0.1) is 0 Å². The lowest BCUT2D eigenvalue weighted by Gasteiger charge is -2.09. The molecule has 0 aliphatic rings. The minimum atomic E-state index is -0.302. The van der Waals surface area contributed by atoms with Crippen molar-refractivity contribution in [2.45, 2.75) is 34.1 Å². The molecule has 0 atom stereocenters. The lowest BCUT2D eigenvalue weighted by Crippen LogP contribution is -1.94. The first-order chi connectivity index (χ1) is 10.8. The molecule has 0 saturated heterocycles. The zero-order valence-corrected chi connectivity index (χ0v) is 14.3. The molecule has 1 aromatic carbocycles. The molecule has 1 aromatic rings. The minimum Gasteiger partial charge on any atom is -0.207 e. The summed E-state index contributed by atoms with van der Waals surface area (Å²) < 4.78 is 28.2. The number of halogens is 2. The van der Waals surface area contributed by atoms with Crippen LogP contribution in [0.15, 0.2) is 72.1 Å². The van der Waals surface area contributed by atoms with Gasteiger partial charge in [0.15, 0.2) is 0 Å². The van der Waals surface area contributed by atoms with Crippen molar-refractivity contribution in [1.29, 1.82) is 0 Å². The first-order valence-electron chi connectivity index (χ1n) is 7.57. The third-order valence-electron chi connectivity index (χ3n) is 3.45. The van der Waals surface area contributed by atoms with Crippen molar-refractivity contribution >= 4 is 5.57 Å². The van der Waals surface area contributed by atoms with Crippen LogP contribution >= 0.6 is 0 Å². The normalized spacial score (nSPS) is 12.1. The molecule has 2 heteroatoms. The quantitative estimate of drug-likeness (QED) is 0.403. The summed E-state index contributed by atoms with van der Waals surface area (Å²) in [7, 11) is 0. The molecule has 0 aliphatic carbocycles. The van der Waals surface area contributed by atoms with Crippen LogP contribution in [0.3, 0.4) is 0 Å². The molecule has 0 heterocycles. The van der Waals surface area contributed by atoms with Crippen LogP contribution in [0, 0.1) is 5.82 Å². The van der Waals surface area contributed by atoms with Crippen LogP contribution in [-0.2, 0) is 6.42 Å². The third kappa shape index (κ3) is 5.17. The zero-order chi connectivity index (χ0) is 17.6. The highest BCUT2D eigenvalue weighted by Crippen LogP contribution is 2.26. The lowest BCUT2D eigenvalue weighted by molar-refractivity contribution is 0.613. The number of benzene rings is 1. The van der Waals surface area contributed by atoms with Gasteiger partial charge in [-0.3, -0.25) is 0 Å². The smallest absolute Gasteiger partial charge is 0.127 e. The lowest BCUT2D eigenvalue weighted by atomic mass is 9.97. The second kappa shape index (κ2) is 8.42. The maximum atomic E-state index is 14.2. The molecule has 0 fully saturated rings. The molecule has 0 aromatic heterocycles. The van der Waals surface area contributed by atoms with E-state index in [1.165, 1.54) is 12.1 Å². The Labute approximate surface area is 138 Å². The third-order valence-corrected chi connectivity index (χ3v) is 3.45. The van der Waals surface area contributed by atoms with Crippen LogP contribution in [0.5, 0.6) is 0 Å². The SMILES string of the molecule is C=C/C(=C\C(=C(C)C)/C(F)=C\C)c1ccc(CC(=C)C)c(F)c1. The molecule has 0 amide bonds. The highest BCUT2D eigenvalue weighted by Gasteiger charge is 2.09. The fourth-order valence-corrected chi connectivity index (χ4v) is 2.22. The van der Waals surface area contributed by atoms with Crippen molar-refractivity contribution < 1.29 is 8.78 Å². The van der Waals surface area contributed by atoms with Crippen molar-refractivity contribution in [2.24, 2.45) is 0 Å². The van der Waals surface area contributed by atoms with Gasteiger partial charge in [0.25, 0.3) is 0 Å². The first-order valence-corrected chi connectivity index (χ1v) is 7.57. The predicted molar refractivity (Wildman–Crippen MR) is 96.3 cm³/mol. The van der Waals surface area contributed by atoms with E-state index in [0.717, 1.165) is 11.1 Å². The van der Waals surface area contributed by atoms with Crippen LogP contribution in [0.1, 0.15) is 38.8 Å². The van der Waals surface area contributed by atoms with E-state index < -0.39 is 0 Å². The number of hydrogen-bond acceptors (Lipinski definition) is 0. The van der Waals surface area contributed by atoms with Crippen molar-refractivity contribution in [2.75, 3.05) is 0 Å². The fraction of sp³-hybridized carbons (Fsp3) is 0.238. The van der Waals surface area contributed by atoms with Crippen LogP contribution in [0.4, 0.5) is 8.78 Å². The number of allylic oxidation sites excluding steroid dienone is 8. The Hall–Kier alpha value is -2.22. The van der Waals surface area contributed by atoms with Gasteiger partial charge >= 0.3 is 0 Å². The van der Waals surface area contributed by atoms with Crippen LogP contribution in [-0.4, -0.2) is 0 Å². The van der Waals surface area contributed by atoms with E-state index >= 15 is 0 Å². The van der Waals surface area contributed by atoms with Gasteiger partial charge in [0.2, 0.25) is 0 Å². The first kappa shape index (κ1) is 18.8. The second-order valence-corrected chi connectivity index (χ2v) is 5.79. The monoisotopic (exact) mass is 314 g/mol. The molecule has 0 aliphatic heterocycles. The average Bonchev–Trinajstić information content (AvgIpc) is 2.49. The van der Waals surface area contributed by atoms with Gasteiger partial charge in [0.1, 0.15) is 11.6 Å². The number of rotatable bonds is 6. The maximum absolute atomic E-state index is 14.2. The Morgan fingerprint density at radius 3 is 2.30 bits per heavy atom. The molecule has 0 radical (unpaired) electrons. The molecule has 23 heavy (non-hydrogen) atoms. The van der Waals surface area contributed by atoms with Gasteiger partial charge in [0.05, 0.1) is 0 Å². The number of hydrogen-bond donors (Lipinski definition) is 0. The largest absolute Gasteiger partial charge is 0.207 e. The van der Waals surface area contributed by atoms with Gasteiger partial charge in [-0.25, -0.2) is 8.78 Å². The predicted octanol–water partition coefficient (Wildman–Crippen LogP) is 6.72. The van der Waals surface area contributed by atoms with Gasteiger partial charge in [-0.05, 0) is 63.0 Å². The van der Waals surface area contributed by atoms with E-state index in [1.54, 1.807) is 25.1 Å². The Bertz CT molecular complexity index is 697. The van der Waals surface area contributed by atoms with Crippen molar-refractivity contribution in [3.05, 3.63) is 89.1 Å². The minimum absolute atomic E-state index is 0.288. The summed E-state index contributed by atoms with van der Waals surface area (Å²) in [4.78, 5) is 0. The van der Waals surface area contributed by atoms with E-state index in [-0.39, 0.29) is 11.6 Å². The summed E-state index contributed by atoms with van der Waals surface area (Å²) in [5, 5.41) is 0. The molecule has 122 valence electrons. The van der Waals surface area contributed by atoms with Gasteiger partial charge in [-0.1, -0.05) is 48.6 Å². The van der Waals surface area contributed by atoms with Gasteiger partial charge < -0.3 is 0 Å². The maximum Gasteiger partial charge on any atom is 0.127 e. The molecule has 0 unspecified atom stereocenters. The molecular weight excluding hydrogens is 290 g/mol. The van der Waals surface area contributed by atoms with E-state index in [1.807, 2.05) is 26.8 Å². The van der Waals surface area contributed by atoms with Crippen LogP contribution in [0.2, 0.25) is 0 Å². The highest BCUT2D eigenvalue weighted by atomic mass is 19.1. The topological polar surface area (TPSA) is 0 Å². The molecule has 0 spiro atoms. The summed E-state index contributed by atoms with van der Waals surface area (Å²) in [6.45, 7) is 14.8. The fourth-order valence-electron chi connectivity index (χ4n) is 2.22. The standard InChI is InChI=1S/C21H24F2/c1-7-16(12-19(15(5)6)20(22)8-2)17-9-10-18(11-14(3)4)21(23)13-17/h7-10,12-13H,1,3,11H2,2,4-6H3/b16-12+,20-8+. The van der Waals surface area contributed by atoms with E-state index in [2.05, 4.69) is 13.2 Å². The average molecular weight is 314 g/mol. The summed E-state index contributed by atoms with van der Waals surface area (Å²) in [6.07, 6.45) is 5.23. The van der Waals surface area contributed by atoms with Gasteiger partial charge in [-0.2, -0.15) is 0 Å². The van der Waals surface area contributed by atoms with Gasteiger partial charge in [0, 0.05) is 5.57 Å². The molecule has 1 rings (SSSR count). The van der Waals surface area contributed by atoms with Crippen molar-refractivity contribution in [1.82, 2.24) is 0 Å². The summed E-state index contributed by atoms with van der Waals surface area (Å²) >= 11 is 0. The second-order valence-electron chi connectivity index (χ2n) is 5.79. The van der Waals surface area contributed by atoms with Crippen LogP contribution in [0.25, 0.3) is 5.57 Å². The molecule has 0 saturated carbocycles. The van der Waals surface area contributed by atoms with E-state index in [9.17, 15) is 8.78 Å². The summed E-state index contributed by atoms with van der Waals surface area (Å²) in [6, 6.07) is 5.03. The summed E-state index contributed by atoms with van der Waals surface area (Å²) in [5.41, 5.74) is 4.20. The van der Waals surface area contributed by atoms with Crippen molar-refractivity contribution in [3.63, 3.8) is 0 Å². The zero-order valence-electron chi connectivity index (χ0n) is 14.3. The Morgan fingerprint density at radius 1 is 1.22 bits per heavy atom. The van der Waals surface area contributed by atoms with E-state index in [0.29, 0.717) is 28.7 Å². The molecular formula is C21H24F2. The Kier molecular flexibility index (Phi) is 6.89.